The highest BCUT2D eigenvalue weighted by Gasteiger charge is 2.24. The molecule has 1 atom stereocenters. The Labute approximate surface area is 121 Å². The van der Waals surface area contributed by atoms with Crippen LogP contribution >= 0.6 is 11.6 Å². The van der Waals surface area contributed by atoms with Gasteiger partial charge < -0.3 is 5.73 Å². The molecule has 0 saturated carbocycles. The van der Waals surface area contributed by atoms with E-state index in [-0.39, 0.29) is 0 Å². The molecule has 3 nitrogen and oxygen atoms in total. The quantitative estimate of drug-likeness (QED) is 0.920. The number of hydrogen-bond donors (Lipinski definition) is 1. The molecule has 19 heavy (non-hydrogen) atoms. The fourth-order valence-corrected chi connectivity index (χ4v) is 2.87. The molecule has 1 aromatic carbocycles. The van der Waals surface area contributed by atoms with E-state index >= 15 is 0 Å². The van der Waals surface area contributed by atoms with Gasteiger partial charge in [0.15, 0.2) is 0 Å². The topological polar surface area (TPSA) is 32.5 Å². The Morgan fingerprint density at radius 2 is 1.58 bits per heavy atom. The van der Waals surface area contributed by atoms with Gasteiger partial charge in [-0.2, -0.15) is 0 Å². The summed E-state index contributed by atoms with van der Waals surface area (Å²) in [4.78, 5) is 5.01. The number of piperazine rings is 1. The normalized spacial score (nSPS) is 19.8. The molecule has 2 rings (SSSR count). The van der Waals surface area contributed by atoms with E-state index in [1.54, 1.807) is 0 Å². The zero-order chi connectivity index (χ0) is 13.8. The molecule has 0 aromatic heterocycles. The monoisotopic (exact) mass is 281 g/mol. The zero-order valence-corrected chi connectivity index (χ0v) is 12.6. The third kappa shape index (κ3) is 3.69. The highest BCUT2D eigenvalue weighted by molar-refractivity contribution is 6.30. The Kier molecular flexibility index (Phi) is 5.22. The van der Waals surface area contributed by atoms with Crippen molar-refractivity contribution in [3.8, 4) is 0 Å². The number of halogens is 1. The Bertz CT molecular complexity index is 383. The van der Waals surface area contributed by atoms with Gasteiger partial charge in [0.25, 0.3) is 0 Å². The molecular weight excluding hydrogens is 258 g/mol. The number of nitrogens with two attached hydrogens (primary N) is 1. The summed E-state index contributed by atoms with van der Waals surface area (Å²) in [7, 11) is 0. The lowest BCUT2D eigenvalue weighted by Gasteiger charge is -2.40. The number of hydrogen-bond acceptors (Lipinski definition) is 3. The second kappa shape index (κ2) is 6.71. The first-order valence-electron chi connectivity index (χ1n) is 7.05. The van der Waals surface area contributed by atoms with Crippen LogP contribution in [-0.4, -0.2) is 48.6 Å². The van der Waals surface area contributed by atoms with Crippen molar-refractivity contribution in [3.05, 3.63) is 34.9 Å². The minimum absolute atomic E-state index is 0.312. The molecule has 1 aliphatic rings. The summed E-state index contributed by atoms with van der Waals surface area (Å²) in [5.74, 6) is 0. The van der Waals surface area contributed by atoms with Crippen molar-refractivity contribution in [2.45, 2.75) is 25.9 Å². The maximum absolute atomic E-state index is 5.98. The van der Waals surface area contributed by atoms with Gasteiger partial charge in [0.2, 0.25) is 0 Å². The van der Waals surface area contributed by atoms with E-state index in [9.17, 15) is 0 Å². The van der Waals surface area contributed by atoms with Crippen molar-refractivity contribution in [2.75, 3.05) is 32.7 Å². The van der Waals surface area contributed by atoms with E-state index in [1.807, 2.05) is 12.1 Å². The van der Waals surface area contributed by atoms with E-state index in [4.69, 9.17) is 17.3 Å². The van der Waals surface area contributed by atoms with Gasteiger partial charge in [-0.1, -0.05) is 23.7 Å². The van der Waals surface area contributed by atoms with Gasteiger partial charge in [0.1, 0.15) is 0 Å². The molecule has 0 bridgehead atoms. The van der Waals surface area contributed by atoms with Crippen LogP contribution in [0.5, 0.6) is 0 Å². The molecule has 4 heteroatoms. The molecule has 1 aliphatic heterocycles. The van der Waals surface area contributed by atoms with Gasteiger partial charge in [-0.05, 0) is 31.5 Å². The van der Waals surface area contributed by atoms with Crippen LogP contribution in [0.25, 0.3) is 0 Å². The van der Waals surface area contributed by atoms with Crippen molar-refractivity contribution < 1.29 is 0 Å². The lowest BCUT2D eigenvalue weighted by Crippen LogP contribution is -2.50. The number of rotatable bonds is 4. The van der Waals surface area contributed by atoms with Crippen LogP contribution in [-0.2, 0) is 0 Å². The minimum atomic E-state index is 0.312. The summed E-state index contributed by atoms with van der Waals surface area (Å²) < 4.78 is 0. The summed E-state index contributed by atoms with van der Waals surface area (Å²) >= 11 is 5.95. The van der Waals surface area contributed by atoms with Gasteiger partial charge in [0.05, 0.1) is 0 Å². The van der Waals surface area contributed by atoms with Gasteiger partial charge in [-0.25, -0.2) is 0 Å². The number of benzene rings is 1. The molecule has 1 saturated heterocycles. The van der Waals surface area contributed by atoms with E-state index in [0.717, 1.165) is 31.2 Å². The fourth-order valence-electron chi connectivity index (χ4n) is 2.75. The molecule has 106 valence electrons. The predicted molar refractivity (Wildman–Crippen MR) is 81.5 cm³/mol. The first kappa shape index (κ1) is 14.8. The molecule has 1 unspecified atom stereocenters. The maximum Gasteiger partial charge on any atom is 0.0471 e. The highest BCUT2D eigenvalue weighted by Crippen LogP contribution is 2.23. The largest absolute Gasteiger partial charge is 0.329 e. The van der Waals surface area contributed by atoms with Crippen LogP contribution in [0, 0.1) is 0 Å². The second-order valence-electron chi connectivity index (χ2n) is 5.47. The van der Waals surface area contributed by atoms with Gasteiger partial charge in [-0.15, -0.1) is 0 Å². The van der Waals surface area contributed by atoms with Crippen LogP contribution in [0.15, 0.2) is 24.3 Å². The average Bonchev–Trinajstić information content (AvgIpc) is 2.42. The molecule has 0 aliphatic carbocycles. The first-order valence-corrected chi connectivity index (χ1v) is 7.43. The van der Waals surface area contributed by atoms with Crippen molar-refractivity contribution in [1.82, 2.24) is 9.80 Å². The Morgan fingerprint density at radius 3 is 2.05 bits per heavy atom. The van der Waals surface area contributed by atoms with Crippen LogP contribution in [0.3, 0.4) is 0 Å². The average molecular weight is 282 g/mol. The summed E-state index contributed by atoms with van der Waals surface area (Å²) in [6.07, 6.45) is 0. The Hall–Kier alpha value is -0.610. The predicted octanol–water partition coefficient (Wildman–Crippen LogP) is 2.37. The third-order valence-corrected chi connectivity index (χ3v) is 4.25. The van der Waals surface area contributed by atoms with Crippen molar-refractivity contribution in [2.24, 2.45) is 5.73 Å². The molecule has 0 spiro atoms. The standard InChI is InChI=1S/C15H24ClN3/c1-12(2)18-7-9-19(10-8-18)15(11-17)13-3-5-14(16)6-4-13/h3-6,12,15H,7-11,17H2,1-2H3. The lowest BCUT2D eigenvalue weighted by atomic mass is 10.0. The molecule has 1 aromatic rings. The van der Waals surface area contributed by atoms with Crippen LogP contribution in [0.4, 0.5) is 0 Å². The van der Waals surface area contributed by atoms with Gasteiger partial charge in [0, 0.05) is 49.8 Å². The SMILES string of the molecule is CC(C)N1CCN(C(CN)c2ccc(Cl)cc2)CC1. The van der Waals surface area contributed by atoms with E-state index in [0.29, 0.717) is 18.6 Å². The Morgan fingerprint density at radius 1 is 1.05 bits per heavy atom. The minimum Gasteiger partial charge on any atom is -0.329 e. The van der Waals surface area contributed by atoms with E-state index < -0.39 is 0 Å². The lowest BCUT2D eigenvalue weighted by molar-refractivity contribution is 0.0802. The summed E-state index contributed by atoms with van der Waals surface area (Å²) in [6, 6.07) is 9.03. The van der Waals surface area contributed by atoms with Gasteiger partial charge >= 0.3 is 0 Å². The van der Waals surface area contributed by atoms with Gasteiger partial charge in [-0.3, -0.25) is 9.80 Å². The maximum atomic E-state index is 5.98. The van der Waals surface area contributed by atoms with E-state index in [1.165, 1.54) is 5.56 Å². The molecule has 1 fully saturated rings. The molecule has 0 radical (unpaired) electrons. The summed E-state index contributed by atoms with van der Waals surface area (Å²) in [5.41, 5.74) is 7.25. The fraction of sp³-hybridized carbons (Fsp3) is 0.600. The molecule has 2 N–H and O–H groups in total. The number of nitrogens with zero attached hydrogens (tertiary/aromatic N) is 2. The van der Waals surface area contributed by atoms with Crippen LogP contribution < -0.4 is 5.73 Å². The highest BCUT2D eigenvalue weighted by atomic mass is 35.5. The first-order chi connectivity index (χ1) is 9.11. The third-order valence-electron chi connectivity index (χ3n) is 4.00. The van der Waals surface area contributed by atoms with Crippen molar-refractivity contribution >= 4 is 11.6 Å². The zero-order valence-electron chi connectivity index (χ0n) is 11.8. The van der Waals surface area contributed by atoms with Crippen molar-refractivity contribution in [3.63, 3.8) is 0 Å². The second-order valence-corrected chi connectivity index (χ2v) is 5.91. The van der Waals surface area contributed by atoms with Crippen molar-refractivity contribution in [1.29, 1.82) is 0 Å². The molecule has 1 heterocycles. The Balaban J connectivity index is 2.01. The van der Waals surface area contributed by atoms with E-state index in [2.05, 4.69) is 35.8 Å². The van der Waals surface area contributed by atoms with Crippen LogP contribution in [0.1, 0.15) is 25.5 Å². The molecular formula is C15H24ClN3. The van der Waals surface area contributed by atoms with Crippen LogP contribution in [0.2, 0.25) is 5.02 Å². The molecule has 0 amide bonds. The summed E-state index contributed by atoms with van der Waals surface area (Å²) in [6.45, 7) is 9.60. The smallest absolute Gasteiger partial charge is 0.0471 e. The summed E-state index contributed by atoms with van der Waals surface area (Å²) in [5, 5.41) is 0.782.